The number of unbranched alkanes of at least 4 members (excludes halogenated alkanes) is 3. The highest BCUT2D eigenvalue weighted by Crippen LogP contribution is 2.66. The summed E-state index contributed by atoms with van der Waals surface area (Å²) < 4.78 is 457. The summed E-state index contributed by atoms with van der Waals surface area (Å²) in [5, 5.41) is 0. The Labute approximate surface area is 360 Å². The zero-order valence-corrected chi connectivity index (χ0v) is 34.2. The first-order valence-corrected chi connectivity index (χ1v) is 18.2. The largest absolute Gasteiger partial charge is 0.460 e. The van der Waals surface area contributed by atoms with E-state index in [2.05, 4.69) is 0 Å². The highest BCUT2D eigenvalue weighted by molar-refractivity contribution is 5.16. The Hall–Kier alpha value is -2.46. The van der Waals surface area contributed by atoms with E-state index in [-0.39, 0.29) is 38.8 Å². The van der Waals surface area contributed by atoms with Crippen LogP contribution in [0.15, 0.2) is 0 Å². The highest BCUT2D eigenvalue weighted by atomic mass is 19.4. The Bertz CT molecular complexity index is 1530. The van der Waals surface area contributed by atoms with E-state index in [0.717, 1.165) is 28.2 Å². The van der Waals surface area contributed by atoms with Gasteiger partial charge in [0.15, 0.2) is 0 Å². The van der Waals surface area contributed by atoms with Gasteiger partial charge in [0.05, 0.1) is 54.4 Å². The monoisotopic (exact) mass is 1090 g/mol. The van der Waals surface area contributed by atoms with Crippen LogP contribution in [0, 0.1) is 0 Å². The van der Waals surface area contributed by atoms with Gasteiger partial charge in [0.2, 0.25) is 0 Å². The van der Waals surface area contributed by atoms with Crippen molar-refractivity contribution in [2.24, 2.45) is 0 Å². The minimum Gasteiger partial charge on any atom is -0.328 e. The molecule has 0 unspecified atom stereocenters. The molecule has 0 spiro atoms. The fourth-order valence-corrected chi connectivity index (χ4v) is 5.82. The van der Waals surface area contributed by atoms with Crippen molar-refractivity contribution >= 4 is 0 Å². The van der Waals surface area contributed by atoms with Crippen molar-refractivity contribution in [1.82, 2.24) is 0 Å². The molecule has 0 aliphatic rings. The maximum Gasteiger partial charge on any atom is 0.460 e. The lowest BCUT2D eigenvalue weighted by atomic mass is 9.88. The number of hydrogen-bond donors (Lipinski definition) is 0. The second-order valence-electron chi connectivity index (χ2n) is 16.7. The summed E-state index contributed by atoms with van der Waals surface area (Å²) >= 11 is 0. The fraction of sp³-hybridized carbons (Fsp3) is 1.00. The topological polar surface area (TPSA) is 0 Å². The zero-order chi connectivity index (χ0) is 55.5. The van der Waals surface area contributed by atoms with Gasteiger partial charge in [0, 0.05) is 25.7 Å². The lowest BCUT2D eigenvalue weighted by Gasteiger charge is -2.43. The summed E-state index contributed by atoms with van der Waals surface area (Å²) in [6.07, 6.45) is -24.0. The molecule has 0 N–H and O–H groups in total. The first kappa shape index (κ1) is 65.5. The van der Waals surface area contributed by atoms with Crippen LogP contribution in [-0.4, -0.2) is 159 Å². The molecule has 2 nitrogen and oxygen atoms in total. The molecule has 0 radical (unpaired) electrons. The van der Waals surface area contributed by atoms with E-state index in [1.54, 1.807) is 0 Å². The summed E-state index contributed by atoms with van der Waals surface area (Å²) in [5.74, 6) is -115. The molecule has 68 heavy (non-hydrogen) atoms. The van der Waals surface area contributed by atoms with Crippen LogP contribution >= 0.6 is 0 Å². The van der Waals surface area contributed by atoms with Crippen molar-refractivity contribution in [2.45, 2.75) is 147 Å². The number of halogens is 34. The second-order valence-corrected chi connectivity index (χ2v) is 16.7. The van der Waals surface area contributed by atoms with Gasteiger partial charge in [-0.05, 0) is 25.7 Å². The second kappa shape index (κ2) is 18.9. The van der Waals surface area contributed by atoms with Crippen molar-refractivity contribution in [1.29, 1.82) is 0 Å². The van der Waals surface area contributed by atoms with Crippen LogP contribution in [0.1, 0.15) is 51.4 Å². The number of quaternary nitrogens is 2. The SMILES string of the molecule is C[N+](C)(CCCCCC[N+](C)(C)CCCC(F)(F)C(F)(F)C(F)(F)C(F)(F)C(F)(F)C(F)(F)C(F)(F)C(F)(F)F)CCCC(F)(F)C(F)(F)C(F)(F)C(F)(F)C(F)(F)C(F)(F)C(F)(F)C(F)(F)F. The maximum atomic E-state index is 14.3. The molecule has 0 aromatic heterocycles. The molecular formula is C32H36F34N2+2. The van der Waals surface area contributed by atoms with E-state index in [1.807, 2.05) is 0 Å². The number of hydrogen-bond acceptors (Lipinski definition) is 0. The Morgan fingerprint density at radius 2 is 0.368 bits per heavy atom. The number of nitrogens with zero attached hydrogens (tertiary/aromatic N) is 2. The van der Waals surface area contributed by atoms with Gasteiger partial charge < -0.3 is 8.97 Å². The van der Waals surface area contributed by atoms with Gasteiger partial charge in [0.25, 0.3) is 0 Å². The lowest BCUT2D eigenvalue weighted by Crippen LogP contribution is -2.74. The van der Waals surface area contributed by atoms with Crippen molar-refractivity contribution in [2.75, 3.05) is 54.4 Å². The third-order valence-corrected chi connectivity index (χ3v) is 10.4. The molecule has 0 fully saturated rings. The molecule has 0 rings (SSSR count). The average Bonchev–Trinajstić information content (AvgIpc) is 3.10. The maximum absolute atomic E-state index is 14.3. The summed E-state index contributed by atoms with van der Waals surface area (Å²) in [6.45, 7) is -2.05. The van der Waals surface area contributed by atoms with E-state index < -0.39 is 143 Å². The third-order valence-electron chi connectivity index (χ3n) is 10.4. The Balaban J connectivity index is 5.54. The van der Waals surface area contributed by atoms with Gasteiger partial charge in [-0.1, -0.05) is 0 Å². The number of alkyl halides is 34. The summed E-state index contributed by atoms with van der Waals surface area (Å²) in [4.78, 5) is 0. The van der Waals surface area contributed by atoms with E-state index in [0.29, 0.717) is 0 Å². The molecular weight excluding hydrogens is 1060 g/mol. The lowest BCUT2D eigenvalue weighted by molar-refractivity contribution is -0.891. The Kier molecular flexibility index (Phi) is 18.2. The zero-order valence-electron chi connectivity index (χ0n) is 34.2. The van der Waals surface area contributed by atoms with Crippen LogP contribution in [0.4, 0.5) is 149 Å². The van der Waals surface area contributed by atoms with Gasteiger partial charge in [-0.2, -0.15) is 149 Å². The van der Waals surface area contributed by atoms with Crippen molar-refractivity contribution in [3.05, 3.63) is 0 Å². The average molecular weight is 1090 g/mol. The smallest absolute Gasteiger partial charge is 0.328 e. The van der Waals surface area contributed by atoms with E-state index >= 15 is 0 Å². The van der Waals surface area contributed by atoms with Gasteiger partial charge >= 0.3 is 95.3 Å². The molecule has 0 aliphatic heterocycles. The van der Waals surface area contributed by atoms with Crippen LogP contribution in [0.25, 0.3) is 0 Å². The van der Waals surface area contributed by atoms with Crippen LogP contribution in [0.2, 0.25) is 0 Å². The first-order chi connectivity index (χ1) is 29.1. The molecule has 0 amide bonds. The molecule has 0 saturated heterocycles. The standard InChI is InChI=1S/C32H36F34N2/c1-67(2,15-9-11-17(33,34)19(37,38)21(41,42)23(45,46)25(49,50)27(53,54)29(57,58)31(61,62)63)13-7-5-6-8-14-68(3,4)16-10-12-18(35,36)20(39,40)22(43,44)24(47,48)26(51,52)28(55,56)30(59,60)32(64,65)66/h5-16H2,1-4H3/q+2. The Morgan fingerprint density at radius 3 is 0.559 bits per heavy atom. The highest BCUT2D eigenvalue weighted by Gasteiger charge is 2.97. The molecule has 0 atom stereocenters. The fourth-order valence-electron chi connectivity index (χ4n) is 5.82. The molecule has 0 heterocycles. The summed E-state index contributed by atoms with van der Waals surface area (Å²) in [5.41, 5.74) is 0. The van der Waals surface area contributed by atoms with Crippen molar-refractivity contribution < 1.29 is 158 Å². The molecule has 36 heteroatoms. The molecule has 410 valence electrons. The van der Waals surface area contributed by atoms with Crippen LogP contribution in [0.3, 0.4) is 0 Å². The molecule has 0 aliphatic carbocycles. The van der Waals surface area contributed by atoms with E-state index in [4.69, 9.17) is 0 Å². The first-order valence-electron chi connectivity index (χ1n) is 18.2. The molecule has 0 aromatic rings. The minimum atomic E-state index is -8.78. The molecule has 0 aromatic carbocycles. The third kappa shape index (κ3) is 11.0. The predicted molar refractivity (Wildman–Crippen MR) is 162 cm³/mol. The van der Waals surface area contributed by atoms with Crippen LogP contribution in [0.5, 0.6) is 0 Å². The Morgan fingerprint density at radius 1 is 0.206 bits per heavy atom. The van der Waals surface area contributed by atoms with Crippen LogP contribution < -0.4 is 0 Å². The van der Waals surface area contributed by atoms with Crippen LogP contribution in [-0.2, 0) is 0 Å². The minimum absolute atomic E-state index is 0.0257. The van der Waals surface area contributed by atoms with Gasteiger partial charge in [-0.25, -0.2) is 0 Å². The van der Waals surface area contributed by atoms with E-state index in [1.165, 1.54) is 0 Å². The quantitative estimate of drug-likeness (QED) is 0.0437. The van der Waals surface area contributed by atoms with Gasteiger partial charge in [0.1, 0.15) is 0 Å². The summed E-state index contributed by atoms with van der Waals surface area (Å²) in [6, 6.07) is 0. The molecule has 0 saturated carbocycles. The predicted octanol–water partition coefficient (Wildman–Crippen LogP) is 14.3. The molecule has 0 bridgehead atoms. The van der Waals surface area contributed by atoms with Gasteiger partial charge in [-0.3, -0.25) is 0 Å². The van der Waals surface area contributed by atoms with Gasteiger partial charge in [-0.15, -0.1) is 0 Å². The normalized spacial score (nSPS) is 16.5. The van der Waals surface area contributed by atoms with E-state index in [9.17, 15) is 149 Å². The number of rotatable bonds is 27. The summed E-state index contributed by atoms with van der Waals surface area (Å²) in [7, 11) is 4.41. The van der Waals surface area contributed by atoms with Crippen molar-refractivity contribution in [3.63, 3.8) is 0 Å². The van der Waals surface area contributed by atoms with Crippen molar-refractivity contribution in [3.8, 4) is 0 Å².